The van der Waals surface area contributed by atoms with Gasteiger partial charge in [0, 0.05) is 0 Å². The molecule has 2 N–H and O–H groups in total. The van der Waals surface area contributed by atoms with E-state index in [2.05, 4.69) is 23.8 Å². The molecule has 0 aliphatic heterocycles. The van der Waals surface area contributed by atoms with E-state index in [1.54, 1.807) is 0 Å². The van der Waals surface area contributed by atoms with Gasteiger partial charge in [-0.1, -0.05) is 13.8 Å². The van der Waals surface area contributed by atoms with Crippen LogP contribution in [0.5, 0.6) is 11.8 Å². The topological polar surface area (TPSA) is 70.3 Å². The predicted molar refractivity (Wildman–Crippen MR) is 62.5 cm³/mol. The number of nitrogens with zero attached hydrogens (tertiary/aromatic N) is 2. The van der Waals surface area contributed by atoms with Crippen molar-refractivity contribution in [3.8, 4) is 11.8 Å². The summed E-state index contributed by atoms with van der Waals surface area (Å²) in [6.45, 7) is 8.51. The van der Waals surface area contributed by atoms with Crippen LogP contribution in [0.2, 0.25) is 0 Å². The van der Waals surface area contributed by atoms with Crippen LogP contribution in [0.15, 0.2) is 6.33 Å². The predicted octanol–water partition coefficient (Wildman–Crippen LogP) is 1.88. The molecule has 16 heavy (non-hydrogen) atoms. The van der Waals surface area contributed by atoms with Crippen LogP contribution in [0, 0.1) is 5.92 Å². The Morgan fingerprint density at radius 1 is 1.19 bits per heavy atom. The SMILES string of the molecule is CC(C)COc1ncnc(OC(C)C)c1N. The zero-order chi connectivity index (χ0) is 12.1. The zero-order valence-corrected chi connectivity index (χ0v) is 10.2. The first kappa shape index (κ1) is 12.5. The average Bonchev–Trinajstić information content (AvgIpc) is 2.18. The first-order chi connectivity index (χ1) is 7.50. The highest BCUT2D eigenvalue weighted by Crippen LogP contribution is 2.27. The van der Waals surface area contributed by atoms with Crippen LogP contribution in [0.3, 0.4) is 0 Å². The van der Waals surface area contributed by atoms with Crippen molar-refractivity contribution >= 4 is 5.69 Å². The maximum Gasteiger partial charge on any atom is 0.244 e. The lowest BCUT2D eigenvalue weighted by Crippen LogP contribution is -2.12. The van der Waals surface area contributed by atoms with E-state index in [1.807, 2.05) is 13.8 Å². The lowest BCUT2D eigenvalue weighted by molar-refractivity contribution is 0.227. The van der Waals surface area contributed by atoms with Crippen LogP contribution in [-0.2, 0) is 0 Å². The molecular formula is C11H19N3O2. The van der Waals surface area contributed by atoms with Crippen LogP contribution in [-0.4, -0.2) is 22.7 Å². The number of aromatic nitrogens is 2. The quantitative estimate of drug-likeness (QED) is 0.828. The minimum absolute atomic E-state index is 0.0233. The van der Waals surface area contributed by atoms with E-state index in [9.17, 15) is 0 Å². The van der Waals surface area contributed by atoms with E-state index in [0.29, 0.717) is 30.0 Å². The van der Waals surface area contributed by atoms with Gasteiger partial charge in [-0.05, 0) is 19.8 Å². The molecule has 1 rings (SSSR count). The monoisotopic (exact) mass is 225 g/mol. The molecule has 0 unspecified atom stereocenters. The Hall–Kier alpha value is -1.52. The molecule has 1 heterocycles. The minimum Gasteiger partial charge on any atom is -0.476 e. The summed E-state index contributed by atoms with van der Waals surface area (Å²) in [6.07, 6.45) is 1.42. The molecule has 0 spiro atoms. The van der Waals surface area contributed by atoms with Crippen molar-refractivity contribution in [3.05, 3.63) is 6.33 Å². The van der Waals surface area contributed by atoms with Gasteiger partial charge in [0.05, 0.1) is 12.7 Å². The summed E-state index contributed by atoms with van der Waals surface area (Å²) in [7, 11) is 0. The number of rotatable bonds is 5. The van der Waals surface area contributed by atoms with E-state index in [-0.39, 0.29) is 6.10 Å². The number of nitrogen functional groups attached to an aromatic ring is 1. The second-order valence-corrected chi connectivity index (χ2v) is 4.27. The first-order valence-corrected chi connectivity index (χ1v) is 5.40. The van der Waals surface area contributed by atoms with Crippen LogP contribution in [0.25, 0.3) is 0 Å². The van der Waals surface area contributed by atoms with Gasteiger partial charge in [-0.3, -0.25) is 0 Å². The summed E-state index contributed by atoms with van der Waals surface area (Å²) >= 11 is 0. The largest absolute Gasteiger partial charge is 0.476 e. The summed E-state index contributed by atoms with van der Waals surface area (Å²) in [6, 6.07) is 0. The Labute approximate surface area is 96.0 Å². The van der Waals surface area contributed by atoms with Crippen molar-refractivity contribution in [2.45, 2.75) is 33.8 Å². The Balaban J connectivity index is 2.78. The lowest BCUT2D eigenvalue weighted by Gasteiger charge is -2.13. The first-order valence-electron chi connectivity index (χ1n) is 5.40. The van der Waals surface area contributed by atoms with Gasteiger partial charge in [0.1, 0.15) is 6.33 Å². The Kier molecular flexibility index (Phi) is 4.34. The van der Waals surface area contributed by atoms with Crippen molar-refractivity contribution in [1.29, 1.82) is 0 Å². The molecule has 0 aliphatic rings. The van der Waals surface area contributed by atoms with Crippen molar-refractivity contribution in [2.75, 3.05) is 12.3 Å². The highest BCUT2D eigenvalue weighted by Gasteiger charge is 2.12. The molecule has 0 saturated heterocycles. The van der Waals surface area contributed by atoms with E-state index in [1.165, 1.54) is 6.33 Å². The molecule has 1 aromatic heterocycles. The fourth-order valence-electron chi connectivity index (χ4n) is 1.04. The van der Waals surface area contributed by atoms with Crippen molar-refractivity contribution in [2.24, 2.45) is 5.92 Å². The Morgan fingerprint density at radius 2 is 1.81 bits per heavy atom. The van der Waals surface area contributed by atoms with Gasteiger partial charge >= 0.3 is 0 Å². The second-order valence-electron chi connectivity index (χ2n) is 4.27. The highest BCUT2D eigenvalue weighted by atomic mass is 16.5. The minimum atomic E-state index is 0.0233. The standard InChI is InChI=1S/C11H19N3O2/c1-7(2)5-15-10-9(12)11(14-6-13-10)16-8(3)4/h6-8H,5,12H2,1-4H3. The molecule has 5 nitrogen and oxygen atoms in total. The Morgan fingerprint density at radius 3 is 2.38 bits per heavy atom. The molecule has 1 aromatic rings. The molecule has 0 aromatic carbocycles. The highest BCUT2D eigenvalue weighted by molar-refractivity contribution is 5.55. The van der Waals surface area contributed by atoms with Crippen molar-refractivity contribution < 1.29 is 9.47 Å². The summed E-state index contributed by atoms with van der Waals surface area (Å²) in [5, 5.41) is 0. The second kappa shape index (κ2) is 5.53. The van der Waals surface area contributed by atoms with E-state index >= 15 is 0 Å². The molecule has 0 saturated carbocycles. The van der Waals surface area contributed by atoms with Crippen LogP contribution in [0.1, 0.15) is 27.7 Å². The Bertz CT molecular complexity index is 340. The van der Waals surface area contributed by atoms with E-state index in [4.69, 9.17) is 15.2 Å². The van der Waals surface area contributed by atoms with Gasteiger partial charge in [0.2, 0.25) is 11.8 Å². The molecule has 0 bridgehead atoms. The fourth-order valence-corrected chi connectivity index (χ4v) is 1.04. The van der Waals surface area contributed by atoms with E-state index in [0.717, 1.165) is 0 Å². The van der Waals surface area contributed by atoms with Crippen LogP contribution < -0.4 is 15.2 Å². The molecule has 0 fully saturated rings. The average molecular weight is 225 g/mol. The van der Waals surface area contributed by atoms with Gasteiger partial charge < -0.3 is 15.2 Å². The fraction of sp³-hybridized carbons (Fsp3) is 0.636. The molecule has 5 heteroatoms. The van der Waals surface area contributed by atoms with Crippen LogP contribution in [0.4, 0.5) is 5.69 Å². The number of ether oxygens (including phenoxy) is 2. The molecular weight excluding hydrogens is 206 g/mol. The molecule has 0 radical (unpaired) electrons. The van der Waals surface area contributed by atoms with Crippen LogP contribution >= 0.6 is 0 Å². The maximum atomic E-state index is 5.84. The van der Waals surface area contributed by atoms with Gasteiger partial charge in [-0.2, -0.15) is 9.97 Å². The summed E-state index contributed by atoms with van der Waals surface area (Å²) in [5.74, 6) is 1.19. The third kappa shape index (κ3) is 3.56. The molecule has 90 valence electrons. The summed E-state index contributed by atoms with van der Waals surface area (Å²) < 4.78 is 10.9. The van der Waals surface area contributed by atoms with Crippen molar-refractivity contribution in [1.82, 2.24) is 9.97 Å². The summed E-state index contributed by atoms with van der Waals surface area (Å²) in [4.78, 5) is 7.95. The normalized spacial score (nSPS) is 10.9. The van der Waals surface area contributed by atoms with E-state index < -0.39 is 0 Å². The number of hydrogen-bond acceptors (Lipinski definition) is 5. The van der Waals surface area contributed by atoms with Gasteiger partial charge in [0.15, 0.2) is 5.69 Å². The van der Waals surface area contributed by atoms with Gasteiger partial charge in [-0.25, -0.2) is 0 Å². The summed E-state index contributed by atoms with van der Waals surface area (Å²) in [5.41, 5.74) is 6.20. The maximum absolute atomic E-state index is 5.84. The smallest absolute Gasteiger partial charge is 0.244 e. The third-order valence-electron chi connectivity index (χ3n) is 1.71. The molecule has 0 amide bonds. The molecule has 0 aliphatic carbocycles. The molecule has 0 atom stereocenters. The third-order valence-corrected chi connectivity index (χ3v) is 1.71. The zero-order valence-electron chi connectivity index (χ0n) is 10.2. The van der Waals surface area contributed by atoms with Crippen molar-refractivity contribution in [3.63, 3.8) is 0 Å². The number of hydrogen-bond donors (Lipinski definition) is 1. The van der Waals surface area contributed by atoms with Gasteiger partial charge in [-0.15, -0.1) is 0 Å². The number of anilines is 1. The number of nitrogens with two attached hydrogens (primary N) is 1. The lowest BCUT2D eigenvalue weighted by atomic mass is 10.2. The van der Waals surface area contributed by atoms with Gasteiger partial charge in [0.25, 0.3) is 0 Å².